The molecule has 0 saturated carbocycles. The molecule has 0 bridgehead atoms. The SMILES string of the molecule is CCN(CCC(N)=S)CCc1ccccn1. The molecule has 0 aliphatic rings. The summed E-state index contributed by atoms with van der Waals surface area (Å²) < 4.78 is 0. The molecule has 2 N–H and O–H groups in total. The third-order valence-electron chi connectivity index (χ3n) is 2.53. The van der Waals surface area contributed by atoms with Gasteiger partial charge in [-0.2, -0.15) is 0 Å². The fraction of sp³-hybridized carbons (Fsp3) is 0.500. The maximum atomic E-state index is 5.50. The number of likely N-dealkylation sites (N-methyl/N-ethyl adjacent to an activating group) is 1. The van der Waals surface area contributed by atoms with E-state index in [0.29, 0.717) is 4.99 Å². The molecule has 0 radical (unpaired) electrons. The van der Waals surface area contributed by atoms with Gasteiger partial charge in [-0.05, 0) is 18.7 Å². The van der Waals surface area contributed by atoms with Crippen LogP contribution >= 0.6 is 12.2 Å². The van der Waals surface area contributed by atoms with Gasteiger partial charge < -0.3 is 10.6 Å². The van der Waals surface area contributed by atoms with Crippen LogP contribution in [0.1, 0.15) is 19.0 Å². The van der Waals surface area contributed by atoms with Gasteiger partial charge in [0.25, 0.3) is 0 Å². The molecule has 0 aliphatic carbocycles. The summed E-state index contributed by atoms with van der Waals surface area (Å²) in [4.78, 5) is 7.24. The third kappa shape index (κ3) is 5.19. The van der Waals surface area contributed by atoms with Crippen molar-refractivity contribution in [2.45, 2.75) is 19.8 Å². The van der Waals surface area contributed by atoms with Gasteiger partial charge in [0.1, 0.15) is 0 Å². The van der Waals surface area contributed by atoms with Crippen molar-refractivity contribution in [2.75, 3.05) is 19.6 Å². The highest BCUT2D eigenvalue weighted by Gasteiger charge is 2.03. The number of pyridine rings is 1. The fourth-order valence-corrected chi connectivity index (χ4v) is 1.61. The molecule has 0 saturated heterocycles. The highest BCUT2D eigenvalue weighted by molar-refractivity contribution is 7.80. The van der Waals surface area contributed by atoms with Crippen molar-refractivity contribution < 1.29 is 0 Å². The van der Waals surface area contributed by atoms with Gasteiger partial charge in [0.2, 0.25) is 0 Å². The summed E-state index contributed by atoms with van der Waals surface area (Å²) in [6, 6.07) is 6.02. The van der Waals surface area contributed by atoms with Crippen molar-refractivity contribution in [1.82, 2.24) is 9.88 Å². The molecular weight excluding hydrogens is 218 g/mol. The minimum atomic E-state index is 0.594. The van der Waals surface area contributed by atoms with Crippen molar-refractivity contribution in [3.05, 3.63) is 30.1 Å². The molecule has 88 valence electrons. The number of aromatic nitrogens is 1. The van der Waals surface area contributed by atoms with Crippen molar-refractivity contribution >= 4 is 17.2 Å². The normalized spacial score (nSPS) is 10.6. The van der Waals surface area contributed by atoms with Crippen LogP contribution in [0.25, 0.3) is 0 Å². The molecule has 0 unspecified atom stereocenters. The van der Waals surface area contributed by atoms with E-state index in [2.05, 4.69) is 22.9 Å². The van der Waals surface area contributed by atoms with E-state index < -0.39 is 0 Å². The Kier molecular flexibility index (Phi) is 5.96. The molecule has 0 amide bonds. The minimum Gasteiger partial charge on any atom is -0.393 e. The number of hydrogen-bond acceptors (Lipinski definition) is 3. The van der Waals surface area contributed by atoms with E-state index in [1.807, 2.05) is 18.3 Å². The van der Waals surface area contributed by atoms with Crippen LogP contribution in [0.3, 0.4) is 0 Å². The molecule has 0 fully saturated rings. The summed E-state index contributed by atoms with van der Waals surface area (Å²) in [5, 5.41) is 0. The van der Waals surface area contributed by atoms with Crippen LogP contribution in [0.15, 0.2) is 24.4 Å². The van der Waals surface area contributed by atoms with E-state index in [9.17, 15) is 0 Å². The molecule has 3 nitrogen and oxygen atoms in total. The summed E-state index contributed by atoms with van der Waals surface area (Å²) >= 11 is 4.88. The maximum Gasteiger partial charge on any atom is 0.0740 e. The summed E-state index contributed by atoms with van der Waals surface area (Å²) in [5.41, 5.74) is 6.63. The zero-order valence-electron chi connectivity index (χ0n) is 9.72. The Balaban J connectivity index is 2.31. The van der Waals surface area contributed by atoms with Gasteiger partial charge in [0.15, 0.2) is 0 Å². The minimum absolute atomic E-state index is 0.594. The summed E-state index contributed by atoms with van der Waals surface area (Å²) in [6.45, 7) is 5.13. The number of nitrogens with zero attached hydrogens (tertiary/aromatic N) is 2. The Hall–Kier alpha value is -1.00. The third-order valence-corrected chi connectivity index (χ3v) is 2.74. The van der Waals surface area contributed by atoms with Crippen LogP contribution in [0.4, 0.5) is 0 Å². The number of hydrogen-bond donors (Lipinski definition) is 1. The Morgan fingerprint density at radius 2 is 2.25 bits per heavy atom. The molecule has 1 rings (SSSR count). The molecule has 1 aromatic rings. The number of nitrogens with two attached hydrogens (primary N) is 1. The van der Waals surface area contributed by atoms with Crippen LogP contribution in [-0.2, 0) is 6.42 Å². The van der Waals surface area contributed by atoms with Crippen LogP contribution < -0.4 is 5.73 Å². The lowest BCUT2D eigenvalue weighted by Crippen LogP contribution is -2.29. The van der Waals surface area contributed by atoms with E-state index in [1.165, 1.54) is 0 Å². The second-order valence-electron chi connectivity index (χ2n) is 3.72. The molecular formula is C12H19N3S. The highest BCUT2D eigenvalue weighted by Crippen LogP contribution is 1.99. The molecule has 0 atom stereocenters. The zero-order chi connectivity index (χ0) is 11.8. The largest absolute Gasteiger partial charge is 0.393 e. The van der Waals surface area contributed by atoms with Crippen LogP contribution in [-0.4, -0.2) is 34.5 Å². The smallest absolute Gasteiger partial charge is 0.0740 e. The van der Waals surface area contributed by atoms with Crippen molar-refractivity contribution in [2.24, 2.45) is 5.73 Å². The fourth-order valence-electron chi connectivity index (χ4n) is 1.52. The first-order valence-corrected chi connectivity index (χ1v) is 6.03. The molecule has 1 aromatic heterocycles. The maximum absolute atomic E-state index is 5.50. The monoisotopic (exact) mass is 237 g/mol. The predicted octanol–water partition coefficient (Wildman–Crippen LogP) is 1.62. The predicted molar refractivity (Wildman–Crippen MR) is 71.5 cm³/mol. The molecule has 0 aromatic carbocycles. The molecule has 1 heterocycles. The summed E-state index contributed by atoms with van der Waals surface area (Å²) in [6.07, 6.45) is 3.61. The molecule has 4 heteroatoms. The first kappa shape index (κ1) is 13.1. The van der Waals surface area contributed by atoms with E-state index >= 15 is 0 Å². The number of rotatable bonds is 7. The Labute approximate surface area is 103 Å². The van der Waals surface area contributed by atoms with Gasteiger partial charge in [-0.3, -0.25) is 4.98 Å². The van der Waals surface area contributed by atoms with Gasteiger partial charge in [-0.1, -0.05) is 25.2 Å². The van der Waals surface area contributed by atoms with E-state index in [1.54, 1.807) is 0 Å². The zero-order valence-corrected chi connectivity index (χ0v) is 10.5. The van der Waals surface area contributed by atoms with Crippen LogP contribution in [0.2, 0.25) is 0 Å². The molecule has 16 heavy (non-hydrogen) atoms. The average molecular weight is 237 g/mol. The summed E-state index contributed by atoms with van der Waals surface area (Å²) in [7, 11) is 0. The Morgan fingerprint density at radius 3 is 2.81 bits per heavy atom. The van der Waals surface area contributed by atoms with Gasteiger partial charge >= 0.3 is 0 Å². The van der Waals surface area contributed by atoms with Crippen molar-refractivity contribution in [3.8, 4) is 0 Å². The highest BCUT2D eigenvalue weighted by atomic mass is 32.1. The lowest BCUT2D eigenvalue weighted by atomic mass is 10.2. The van der Waals surface area contributed by atoms with Gasteiger partial charge in [-0.25, -0.2) is 0 Å². The molecule has 0 spiro atoms. The van der Waals surface area contributed by atoms with Crippen molar-refractivity contribution in [3.63, 3.8) is 0 Å². The standard InChI is InChI=1S/C12H19N3S/c1-2-15(10-7-12(13)16)9-6-11-5-3-4-8-14-11/h3-5,8H,2,6-7,9-10H2,1H3,(H2,13,16). The van der Waals surface area contributed by atoms with Crippen molar-refractivity contribution in [1.29, 1.82) is 0 Å². The van der Waals surface area contributed by atoms with E-state index in [-0.39, 0.29) is 0 Å². The van der Waals surface area contributed by atoms with E-state index in [4.69, 9.17) is 18.0 Å². The van der Waals surface area contributed by atoms with Gasteiger partial charge in [-0.15, -0.1) is 0 Å². The lowest BCUT2D eigenvalue weighted by molar-refractivity contribution is 0.299. The van der Waals surface area contributed by atoms with Gasteiger partial charge in [0.05, 0.1) is 4.99 Å². The second-order valence-corrected chi connectivity index (χ2v) is 4.25. The lowest BCUT2D eigenvalue weighted by Gasteiger charge is -2.19. The topological polar surface area (TPSA) is 42.1 Å². The first-order valence-electron chi connectivity index (χ1n) is 5.63. The molecule has 0 aliphatic heterocycles. The average Bonchev–Trinajstić information content (AvgIpc) is 2.30. The van der Waals surface area contributed by atoms with Gasteiger partial charge in [0, 0.05) is 37.8 Å². The van der Waals surface area contributed by atoms with Crippen LogP contribution in [0, 0.1) is 0 Å². The van der Waals surface area contributed by atoms with Crippen LogP contribution in [0.5, 0.6) is 0 Å². The Bertz CT molecular complexity index is 313. The second kappa shape index (κ2) is 7.30. The summed E-state index contributed by atoms with van der Waals surface area (Å²) in [5.74, 6) is 0. The number of thiocarbonyl (C=S) groups is 1. The first-order chi connectivity index (χ1) is 7.72. The van der Waals surface area contributed by atoms with E-state index in [0.717, 1.165) is 38.2 Å². The quantitative estimate of drug-likeness (QED) is 0.732. The Morgan fingerprint density at radius 1 is 1.44 bits per heavy atom.